The lowest BCUT2D eigenvalue weighted by Gasteiger charge is -2.41. The number of hydrogen-bond donors (Lipinski definition) is 3. The monoisotopic (exact) mass is 343 g/mol. The molecule has 0 heterocycles. The smallest absolute Gasteiger partial charge is 0.408 e. The third-order valence-corrected chi connectivity index (χ3v) is 4.24. The van der Waals surface area contributed by atoms with E-state index in [-0.39, 0.29) is 0 Å². The number of nitrogens with one attached hydrogen (secondary N) is 1. The SMILES string of the molecule is CC(C(N)=O)C(C)(C)CC(C)(C)C(NC(=O)OC(C)(C)C)C(N)=O. The maximum atomic E-state index is 12.0. The van der Waals surface area contributed by atoms with Gasteiger partial charge in [-0.3, -0.25) is 9.59 Å². The van der Waals surface area contributed by atoms with Crippen molar-refractivity contribution < 1.29 is 19.1 Å². The summed E-state index contributed by atoms with van der Waals surface area (Å²) in [6.45, 7) is 14.4. The lowest BCUT2D eigenvalue weighted by atomic mass is 9.66. The Bertz CT molecular complexity index is 493. The molecule has 0 aliphatic heterocycles. The molecule has 2 atom stereocenters. The van der Waals surface area contributed by atoms with Gasteiger partial charge in [0.1, 0.15) is 11.6 Å². The fourth-order valence-corrected chi connectivity index (χ4v) is 2.89. The average Bonchev–Trinajstić information content (AvgIpc) is 2.30. The van der Waals surface area contributed by atoms with Gasteiger partial charge >= 0.3 is 6.09 Å². The van der Waals surface area contributed by atoms with E-state index in [1.807, 2.05) is 27.7 Å². The van der Waals surface area contributed by atoms with Crippen LogP contribution in [0, 0.1) is 16.7 Å². The minimum atomic E-state index is -0.938. The molecule has 7 nitrogen and oxygen atoms in total. The molecular weight excluding hydrogens is 310 g/mol. The van der Waals surface area contributed by atoms with Crippen molar-refractivity contribution in [1.82, 2.24) is 5.32 Å². The van der Waals surface area contributed by atoms with Gasteiger partial charge in [-0.1, -0.05) is 34.6 Å². The molecule has 5 N–H and O–H groups in total. The number of carbonyl (C=O) groups excluding carboxylic acids is 3. The van der Waals surface area contributed by atoms with Gasteiger partial charge in [-0.25, -0.2) is 4.79 Å². The molecule has 0 saturated carbocycles. The van der Waals surface area contributed by atoms with Gasteiger partial charge in [0.15, 0.2) is 0 Å². The van der Waals surface area contributed by atoms with Crippen LogP contribution < -0.4 is 16.8 Å². The molecule has 2 unspecified atom stereocenters. The van der Waals surface area contributed by atoms with E-state index in [0.717, 1.165) is 0 Å². The van der Waals surface area contributed by atoms with Gasteiger partial charge in [0, 0.05) is 5.92 Å². The first-order valence-electron chi connectivity index (χ1n) is 8.08. The predicted octanol–water partition coefficient (Wildman–Crippen LogP) is 1.93. The Labute approximate surface area is 144 Å². The zero-order valence-electron chi connectivity index (χ0n) is 16.1. The fourth-order valence-electron chi connectivity index (χ4n) is 2.89. The number of amides is 3. The van der Waals surface area contributed by atoms with Crippen LogP contribution in [0.1, 0.15) is 61.8 Å². The topological polar surface area (TPSA) is 125 Å². The molecule has 0 aromatic carbocycles. The number of nitrogens with two attached hydrogens (primary N) is 2. The van der Waals surface area contributed by atoms with Crippen molar-refractivity contribution >= 4 is 17.9 Å². The summed E-state index contributed by atoms with van der Waals surface area (Å²) in [7, 11) is 0. The van der Waals surface area contributed by atoms with Gasteiger partial charge in [-0.05, 0) is 38.0 Å². The maximum absolute atomic E-state index is 12.0. The molecule has 0 spiro atoms. The van der Waals surface area contributed by atoms with E-state index in [1.54, 1.807) is 27.7 Å². The molecule has 0 bridgehead atoms. The summed E-state index contributed by atoms with van der Waals surface area (Å²) >= 11 is 0. The van der Waals surface area contributed by atoms with Crippen LogP contribution in [0.2, 0.25) is 0 Å². The average molecular weight is 343 g/mol. The van der Waals surface area contributed by atoms with Crippen LogP contribution in [0.25, 0.3) is 0 Å². The van der Waals surface area contributed by atoms with Gasteiger partial charge in [0.05, 0.1) is 0 Å². The van der Waals surface area contributed by atoms with Crippen LogP contribution in [-0.4, -0.2) is 29.6 Å². The molecule has 0 aromatic rings. The highest BCUT2D eigenvalue weighted by Gasteiger charge is 2.42. The molecule has 0 aliphatic rings. The Balaban J connectivity index is 5.32. The van der Waals surface area contributed by atoms with E-state index in [1.165, 1.54) is 0 Å². The molecule has 0 aromatic heterocycles. The molecule has 24 heavy (non-hydrogen) atoms. The van der Waals surface area contributed by atoms with Gasteiger partial charge in [0.2, 0.25) is 11.8 Å². The van der Waals surface area contributed by atoms with Crippen molar-refractivity contribution in [3.8, 4) is 0 Å². The van der Waals surface area contributed by atoms with E-state index in [4.69, 9.17) is 16.2 Å². The Morgan fingerprint density at radius 2 is 1.38 bits per heavy atom. The van der Waals surface area contributed by atoms with Gasteiger partial charge < -0.3 is 21.5 Å². The van der Waals surface area contributed by atoms with Gasteiger partial charge in [-0.2, -0.15) is 0 Å². The minimum absolute atomic E-state index is 0.396. The van der Waals surface area contributed by atoms with Crippen molar-refractivity contribution in [2.75, 3.05) is 0 Å². The summed E-state index contributed by atoms with van der Waals surface area (Å²) in [6.07, 6.45) is -0.256. The standard InChI is InChI=1S/C17H33N3O4/c1-10(12(18)21)16(5,6)9-17(7,8)11(13(19)22)20-14(23)24-15(2,3)4/h10-11H,9H2,1-8H3,(H2,18,21)(H2,19,22)(H,20,23). The summed E-state index contributed by atoms with van der Waals surface area (Å²) in [4.78, 5) is 35.4. The van der Waals surface area contributed by atoms with Crippen molar-refractivity contribution in [2.24, 2.45) is 28.2 Å². The van der Waals surface area contributed by atoms with Gasteiger partial charge in [-0.15, -0.1) is 0 Å². The van der Waals surface area contributed by atoms with Crippen LogP contribution >= 0.6 is 0 Å². The number of hydrogen-bond acceptors (Lipinski definition) is 4. The Morgan fingerprint density at radius 1 is 0.917 bits per heavy atom. The molecule has 3 amide bonds. The zero-order valence-corrected chi connectivity index (χ0v) is 16.1. The first-order valence-corrected chi connectivity index (χ1v) is 8.08. The summed E-state index contributed by atoms with van der Waals surface area (Å²) < 4.78 is 5.20. The van der Waals surface area contributed by atoms with Crippen LogP contribution in [-0.2, 0) is 14.3 Å². The predicted molar refractivity (Wildman–Crippen MR) is 92.9 cm³/mol. The second-order valence-electron chi connectivity index (χ2n) is 8.76. The normalized spacial score (nSPS) is 15.3. The maximum Gasteiger partial charge on any atom is 0.408 e. The molecule has 0 radical (unpaired) electrons. The molecular formula is C17H33N3O4. The Hall–Kier alpha value is -1.79. The van der Waals surface area contributed by atoms with Crippen LogP contribution in [0.5, 0.6) is 0 Å². The highest BCUT2D eigenvalue weighted by molar-refractivity contribution is 5.85. The van der Waals surface area contributed by atoms with Crippen molar-refractivity contribution in [3.63, 3.8) is 0 Å². The lowest BCUT2D eigenvalue weighted by molar-refractivity contribution is -0.126. The van der Waals surface area contributed by atoms with Crippen molar-refractivity contribution in [2.45, 2.75) is 73.5 Å². The molecule has 140 valence electrons. The van der Waals surface area contributed by atoms with Gasteiger partial charge in [0.25, 0.3) is 0 Å². The van der Waals surface area contributed by atoms with E-state index in [2.05, 4.69) is 5.32 Å². The number of primary amides is 2. The second kappa shape index (κ2) is 7.40. The van der Waals surface area contributed by atoms with Crippen molar-refractivity contribution in [3.05, 3.63) is 0 Å². The fraction of sp³-hybridized carbons (Fsp3) is 0.824. The third-order valence-electron chi connectivity index (χ3n) is 4.24. The minimum Gasteiger partial charge on any atom is -0.444 e. The molecule has 7 heteroatoms. The largest absolute Gasteiger partial charge is 0.444 e. The first-order chi connectivity index (χ1) is 10.5. The highest BCUT2D eigenvalue weighted by atomic mass is 16.6. The van der Waals surface area contributed by atoms with E-state index < -0.39 is 46.3 Å². The van der Waals surface area contributed by atoms with Crippen LogP contribution in [0.4, 0.5) is 4.79 Å². The molecule has 0 fully saturated rings. The first kappa shape index (κ1) is 22.2. The summed E-state index contributed by atoms with van der Waals surface area (Å²) in [5.41, 5.74) is 9.04. The summed E-state index contributed by atoms with van der Waals surface area (Å²) in [6, 6.07) is -0.938. The van der Waals surface area contributed by atoms with E-state index in [9.17, 15) is 14.4 Å². The van der Waals surface area contributed by atoms with Crippen LogP contribution in [0.3, 0.4) is 0 Å². The van der Waals surface area contributed by atoms with E-state index in [0.29, 0.717) is 6.42 Å². The number of alkyl carbamates (subject to hydrolysis) is 1. The molecule has 0 rings (SSSR count). The van der Waals surface area contributed by atoms with Crippen molar-refractivity contribution in [1.29, 1.82) is 0 Å². The number of carbonyl (C=O) groups is 3. The Kier molecular flexibility index (Phi) is 6.85. The molecule has 0 aliphatic carbocycles. The molecule has 0 saturated heterocycles. The van der Waals surface area contributed by atoms with E-state index >= 15 is 0 Å². The number of ether oxygens (including phenoxy) is 1. The number of rotatable bonds is 7. The lowest BCUT2D eigenvalue weighted by Crippen LogP contribution is -2.55. The van der Waals surface area contributed by atoms with Crippen LogP contribution in [0.15, 0.2) is 0 Å². The highest BCUT2D eigenvalue weighted by Crippen LogP contribution is 2.41. The zero-order chi connectivity index (χ0) is 19.5. The Morgan fingerprint density at radius 3 is 1.71 bits per heavy atom. The summed E-state index contributed by atoms with van der Waals surface area (Å²) in [5, 5.41) is 2.55. The second-order valence-corrected chi connectivity index (χ2v) is 8.76. The summed E-state index contributed by atoms with van der Waals surface area (Å²) in [5.74, 6) is -1.47. The quantitative estimate of drug-likeness (QED) is 0.653. The third kappa shape index (κ3) is 6.76.